The summed E-state index contributed by atoms with van der Waals surface area (Å²) in [6.07, 6.45) is 0.296. The summed E-state index contributed by atoms with van der Waals surface area (Å²) in [4.78, 5) is 0.312. The van der Waals surface area contributed by atoms with Gasteiger partial charge in [-0.05, 0) is 29.0 Å². The van der Waals surface area contributed by atoms with Crippen molar-refractivity contribution in [3.8, 4) is 11.8 Å². The van der Waals surface area contributed by atoms with Gasteiger partial charge >= 0.3 is 0 Å². The summed E-state index contributed by atoms with van der Waals surface area (Å²) in [6, 6.07) is 22.7. The Labute approximate surface area is 171 Å². The van der Waals surface area contributed by atoms with Gasteiger partial charge in [0.05, 0.1) is 18.1 Å². The number of methoxy groups -OCH3 is 1. The molecule has 6 heteroatoms. The zero-order valence-electron chi connectivity index (χ0n) is 16.2. The first-order chi connectivity index (χ1) is 14.1. The average molecular weight is 407 g/mol. The molecule has 3 aromatic rings. The number of ether oxygens (including phenoxy) is 1. The third-order valence-electron chi connectivity index (χ3n) is 5.67. The van der Waals surface area contributed by atoms with Crippen LogP contribution in [0.4, 0.5) is 0 Å². The highest BCUT2D eigenvalue weighted by molar-refractivity contribution is 7.89. The molecule has 0 N–H and O–H groups in total. The number of para-hydroxylation sites is 1. The first-order valence-electron chi connectivity index (χ1n) is 9.54. The second-order valence-electron chi connectivity index (χ2n) is 7.27. The maximum atomic E-state index is 13.5. The Morgan fingerprint density at radius 2 is 1.76 bits per heavy atom. The molecule has 0 aliphatic carbocycles. The number of fused-ring (bicyclic) bond motifs is 1. The summed E-state index contributed by atoms with van der Waals surface area (Å²) < 4.78 is 34.1. The summed E-state index contributed by atoms with van der Waals surface area (Å²) in [5.74, 6) is 0.557. The van der Waals surface area contributed by atoms with Gasteiger partial charge in [0.1, 0.15) is 5.75 Å². The fourth-order valence-corrected chi connectivity index (χ4v) is 5.97. The van der Waals surface area contributed by atoms with Crippen molar-refractivity contribution >= 4 is 20.8 Å². The Hall–Kier alpha value is -2.88. The maximum absolute atomic E-state index is 13.5. The van der Waals surface area contributed by atoms with Crippen LogP contribution >= 0.6 is 0 Å². The van der Waals surface area contributed by atoms with E-state index in [9.17, 15) is 13.7 Å². The van der Waals surface area contributed by atoms with Gasteiger partial charge in [-0.15, -0.1) is 0 Å². The van der Waals surface area contributed by atoms with Gasteiger partial charge in [0.25, 0.3) is 0 Å². The van der Waals surface area contributed by atoms with Gasteiger partial charge in [0, 0.05) is 30.8 Å². The molecule has 0 saturated carbocycles. The van der Waals surface area contributed by atoms with Crippen LogP contribution in [0.15, 0.2) is 71.6 Å². The zero-order valence-corrected chi connectivity index (χ0v) is 17.0. The van der Waals surface area contributed by atoms with Crippen molar-refractivity contribution in [1.29, 1.82) is 5.26 Å². The number of hydrogen-bond donors (Lipinski definition) is 0. The highest BCUT2D eigenvalue weighted by atomic mass is 32.2. The molecule has 1 fully saturated rings. The van der Waals surface area contributed by atoms with Crippen LogP contribution in [-0.2, 0) is 10.0 Å². The van der Waals surface area contributed by atoms with Gasteiger partial charge in [-0.2, -0.15) is 9.57 Å². The topological polar surface area (TPSA) is 70.4 Å². The normalized spacial score (nSPS) is 19.9. The Balaban J connectivity index is 1.75. The number of sulfonamides is 1. The molecule has 1 saturated heterocycles. The van der Waals surface area contributed by atoms with Crippen molar-refractivity contribution in [2.24, 2.45) is 5.92 Å². The van der Waals surface area contributed by atoms with Crippen LogP contribution in [0.1, 0.15) is 17.9 Å². The molecule has 2 atom stereocenters. The molecule has 0 amide bonds. The second-order valence-corrected chi connectivity index (χ2v) is 9.18. The van der Waals surface area contributed by atoms with Crippen molar-refractivity contribution in [3.63, 3.8) is 0 Å². The van der Waals surface area contributed by atoms with Gasteiger partial charge in [-0.3, -0.25) is 0 Å². The lowest BCUT2D eigenvalue weighted by atomic mass is 9.86. The summed E-state index contributed by atoms with van der Waals surface area (Å²) in [7, 11) is -2.09. The van der Waals surface area contributed by atoms with Crippen LogP contribution in [0.3, 0.4) is 0 Å². The van der Waals surface area contributed by atoms with Crippen molar-refractivity contribution < 1.29 is 13.2 Å². The van der Waals surface area contributed by atoms with E-state index in [0.29, 0.717) is 29.8 Å². The molecule has 4 rings (SSSR count). The molecule has 5 nitrogen and oxygen atoms in total. The standard InChI is InChI=1S/C23H22N2O3S/c1-28-22-11-5-4-10-20(22)21-16-25(15-18(21)13-14-24)29(26,27)23-12-6-8-17-7-2-3-9-19(17)23/h2-12,18,21H,13,15-16H2,1H3. The highest BCUT2D eigenvalue weighted by Crippen LogP contribution is 2.41. The molecule has 0 radical (unpaired) electrons. The van der Waals surface area contributed by atoms with E-state index in [0.717, 1.165) is 16.7 Å². The van der Waals surface area contributed by atoms with Crippen molar-refractivity contribution in [1.82, 2.24) is 4.31 Å². The highest BCUT2D eigenvalue weighted by Gasteiger charge is 2.41. The van der Waals surface area contributed by atoms with Gasteiger partial charge in [0.15, 0.2) is 0 Å². The second kappa shape index (κ2) is 7.86. The van der Waals surface area contributed by atoms with E-state index >= 15 is 0 Å². The average Bonchev–Trinajstić information content (AvgIpc) is 3.18. The Bertz CT molecular complexity index is 1180. The van der Waals surface area contributed by atoms with E-state index < -0.39 is 10.0 Å². The van der Waals surface area contributed by atoms with Gasteiger partial charge in [0.2, 0.25) is 10.0 Å². The lowest BCUT2D eigenvalue weighted by Crippen LogP contribution is -2.29. The molecule has 0 bridgehead atoms. The molecule has 29 heavy (non-hydrogen) atoms. The molecule has 0 spiro atoms. The van der Waals surface area contributed by atoms with Gasteiger partial charge in [-0.1, -0.05) is 54.6 Å². The predicted molar refractivity (Wildman–Crippen MR) is 112 cm³/mol. The SMILES string of the molecule is COc1ccccc1C1CN(S(=O)(=O)c2cccc3ccccc23)CC1CC#N. The molecule has 1 heterocycles. The summed E-state index contributed by atoms with van der Waals surface area (Å²) >= 11 is 0. The molecule has 2 unspecified atom stereocenters. The third kappa shape index (κ3) is 3.48. The maximum Gasteiger partial charge on any atom is 0.243 e. The van der Waals surface area contributed by atoms with Crippen LogP contribution in [-0.4, -0.2) is 32.9 Å². The van der Waals surface area contributed by atoms with Crippen molar-refractivity contribution in [2.75, 3.05) is 20.2 Å². The van der Waals surface area contributed by atoms with Crippen molar-refractivity contribution in [3.05, 3.63) is 72.3 Å². The Kier molecular flexibility index (Phi) is 5.27. The zero-order chi connectivity index (χ0) is 20.4. The lowest BCUT2D eigenvalue weighted by Gasteiger charge is -2.19. The summed E-state index contributed by atoms with van der Waals surface area (Å²) in [5, 5.41) is 10.9. The van der Waals surface area contributed by atoms with E-state index in [1.165, 1.54) is 4.31 Å². The van der Waals surface area contributed by atoms with Crippen LogP contribution < -0.4 is 4.74 Å². The molecule has 1 aliphatic rings. The minimum atomic E-state index is -3.69. The van der Waals surface area contributed by atoms with E-state index in [-0.39, 0.29) is 11.8 Å². The third-order valence-corrected chi connectivity index (χ3v) is 7.56. The molecule has 148 valence electrons. The van der Waals surface area contributed by atoms with E-state index in [1.807, 2.05) is 54.6 Å². The van der Waals surface area contributed by atoms with Crippen molar-refractivity contribution in [2.45, 2.75) is 17.2 Å². The summed E-state index contributed by atoms with van der Waals surface area (Å²) in [5.41, 5.74) is 0.950. The largest absolute Gasteiger partial charge is 0.496 e. The van der Waals surface area contributed by atoms with E-state index in [1.54, 1.807) is 19.2 Å². The van der Waals surface area contributed by atoms with E-state index in [2.05, 4.69) is 6.07 Å². The number of nitriles is 1. The minimum absolute atomic E-state index is 0.0824. The summed E-state index contributed by atoms with van der Waals surface area (Å²) in [6.45, 7) is 0.653. The smallest absolute Gasteiger partial charge is 0.243 e. The lowest BCUT2D eigenvalue weighted by molar-refractivity contribution is 0.399. The number of hydrogen-bond acceptors (Lipinski definition) is 4. The fraction of sp³-hybridized carbons (Fsp3) is 0.261. The number of rotatable bonds is 5. The van der Waals surface area contributed by atoms with Gasteiger partial charge < -0.3 is 4.74 Å². The molecule has 3 aromatic carbocycles. The molecule has 1 aliphatic heterocycles. The fourth-order valence-electron chi connectivity index (χ4n) is 4.24. The molecular formula is C23H22N2O3S. The Morgan fingerprint density at radius 3 is 2.55 bits per heavy atom. The van der Waals surface area contributed by atoms with Crippen LogP contribution in [0.5, 0.6) is 5.75 Å². The first kappa shape index (κ1) is 19.4. The number of benzene rings is 3. The molecular weight excluding hydrogens is 384 g/mol. The first-order valence-corrected chi connectivity index (χ1v) is 11.0. The minimum Gasteiger partial charge on any atom is -0.496 e. The quantitative estimate of drug-likeness (QED) is 0.638. The van der Waals surface area contributed by atoms with Crippen LogP contribution in [0.25, 0.3) is 10.8 Å². The van der Waals surface area contributed by atoms with Crippen LogP contribution in [0, 0.1) is 17.2 Å². The molecule has 0 aromatic heterocycles. The van der Waals surface area contributed by atoms with Crippen LogP contribution in [0.2, 0.25) is 0 Å². The number of nitrogens with zero attached hydrogens (tertiary/aromatic N) is 2. The predicted octanol–water partition coefficient (Wildman–Crippen LogP) is 4.17. The van der Waals surface area contributed by atoms with Gasteiger partial charge in [-0.25, -0.2) is 8.42 Å². The van der Waals surface area contributed by atoms with E-state index in [4.69, 9.17) is 4.74 Å². The Morgan fingerprint density at radius 1 is 1.03 bits per heavy atom. The monoisotopic (exact) mass is 406 g/mol.